The molecule has 0 aromatic rings. The molecule has 0 aromatic carbocycles. The zero-order valence-electron chi connectivity index (χ0n) is 18.7. The zero-order chi connectivity index (χ0) is 19.4. The van der Waals surface area contributed by atoms with Gasteiger partial charge in [-0.05, 0) is 84.2 Å². The van der Waals surface area contributed by atoms with Gasteiger partial charge in [0.25, 0.3) is 6.43 Å². The molecule has 0 aromatic heterocycles. The highest BCUT2D eigenvalue weighted by atomic mass is 31.2. The van der Waals surface area contributed by atoms with Crippen LogP contribution in [0.5, 0.6) is 0 Å². The zero-order valence-corrected chi connectivity index (χ0v) is 19.6. The molecule has 0 amide bonds. The molecule has 4 rings (SSSR count). The average Bonchev–Trinajstić information content (AvgIpc) is 2.77. The quantitative estimate of drug-likeness (QED) is 0.248. The smallest absolute Gasteiger partial charge is 0.226 e. The molecule has 1 aliphatic heterocycles. The molecule has 2 heteroatoms. The Balaban J connectivity index is 1.72. The number of allylic oxidation sites excluding steroid dienone is 3. The SMILES string of the molecule is CC(C)C1=C[CH-]B([P+](C2CCCCC2)(C2CCCCC2)C2CCCCC2)C=C1. The molecule has 1 heterocycles. The Morgan fingerprint density at radius 1 is 0.750 bits per heavy atom. The summed E-state index contributed by atoms with van der Waals surface area (Å²) in [6, 6.07) is 0. The summed E-state index contributed by atoms with van der Waals surface area (Å²) < 4.78 is 0. The van der Waals surface area contributed by atoms with E-state index in [9.17, 15) is 0 Å². The highest BCUT2D eigenvalue weighted by Crippen LogP contribution is 2.79. The van der Waals surface area contributed by atoms with Gasteiger partial charge in [-0.1, -0.05) is 39.0 Å². The topological polar surface area (TPSA) is 0 Å². The van der Waals surface area contributed by atoms with Crippen molar-refractivity contribution in [3.63, 3.8) is 0 Å². The third-order valence-electron chi connectivity index (χ3n) is 8.78. The number of hydrogen-bond acceptors (Lipinski definition) is 0. The van der Waals surface area contributed by atoms with Crippen LogP contribution in [0.4, 0.5) is 0 Å². The summed E-state index contributed by atoms with van der Waals surface area (Å²) in [7, 11) is -1.04. The summed E-state index contributed by atoms with van der Waals surface area (Å²) in [5, 5.41) is 0. The van der Waals surface area contributed by atoms with E-state index < -0.39 is 7.14 Å². The van der Waals surface area contributed by atoms with E-state index in [1.54, 1.807) is 44.1 Å². The average molecular weight is 398 g/mol. The minimum Gasteiger partial charge on any atom is -0.226 e. The van der Waals surface area contributed by atoms with E-state index in [2.05, 4.69) is 38.3 Å². The lowest BCUT2D eigenvalue weighted by atomic mass is 9.67. The van der Waals surface area contributed by atoms with Gasteiger partial charge in [0.05, 0.1) is 17.0 Å². The van der Waals surface area contributed by atoms with Gasteiger partial charge in [0.2, 0.25) is 0 Å². The van der Waals surface area contributed by atoms with Crippen LogP contribution in [-0.2, 0) is 0 Å². The van der Waals surface area contributed by atoms with Crippen LogP contribution in [0.2, 0.25) is 0 Å². The fraction of sp³-hybridized carbons (Fsp3) is 0.808. The standard InChI is InChI=1S/C26H44BP/c1-22(2)23-18-20-27(21-19-23)28(24-12-6-3-7-13-24,25-14-8-4-9-15-25)26-16-10-5-11-17-26/h18-22,24-26H,3-17H2,1-2H3. The molecule has 156 valence electrons. The minimum absolute atomic E-state index is 0.667. The first-order valence-electron chi connectivity index (χ1n) is 12.8. The molecule has 0 spiro atoms. The summed E-state index contributed by atoms with van der Waals surface area (Å²) >= 11 is 0. The largest absolute Gasteiger partial charge is 0.298 e. The molecular formula is C26H44BP. The van der Waals surface area contributed by atoms with Crippen LogP contribution in [-0.4, -0.2) is 23.4 Å². The number of rotatable bonds is 5. The van der Waals surface area contributed by atoms with Crippen LogP contribution < -0.4 is 0 Å². The Labute approximate surface area is 176 Å². The van der Waals surface area contributed by atoms with Crippen LogP contribution in [0.15, 0.2) is 23.7 Å². The second-order valence-corrected chi connectivity index (χ2v) is 15.2. The van der Waals surface area contributed by atoms with Gasteiger partial charge in [-0.3, -0.25) is 0 Å². The lowest BCUT2D eigenvalue weighted by Crippen LogP contribution is -2.44. The van der Waals surface area contributed by atoms with Crippen molar-refractivity contribution >= 4 is 13.6 Å². The summed E-state index contributed by atoms with van der Waals surface area (Å²) in [5.41, 5.74) is 4.83. The second-order valence-electron chi connectivity index (χ2n) is 10.6. The summed E-state index contributed by atoms with van der Waals surface area (Å²) in [6.45, 7) is 4.71. The van der Waals surface area contributed by atoms with Crippen molar-refractivity contribution in [1.82, 2.24) is 0 Å². The maximum absolute atomic E-state index is 2.74. The van der Waals surface area contributed by atoms with E-state index in [0.29, 0.717) is 5.92 Å². The summed E-state index contributed by atoms with van der Waals surface area (Å²) in [5.74, 6) is 3.40. The molecule has 0 N–H and O–H groups in total. The highest BCUT2D eigenvalue weighted by molar-refractivity contribution is 8.06. The van der Waals surface area contributed by atoms with E-state index in [0.717, 1.165) is 23.4 Å². The molecule has 0 atom stereocenters. The van der Waals surface area contributed by atoms with Gasteiger partial charge >= 0.3 is 0 Å². The van der Waals surface area contributed by atoms with Gasteiger partial charge in [0.15, 0.2) is 0 Å². The molecule has 0 radical (unpaired) electrons. The van der Waals surface area contributed by atoms with Gasteiger partial charge in [0, 0.05) is 0 Å². The van der Waals surface area contributed by atoms with Crippen molar-refractivity contribution in [2.75, 3.05) is 0 Å². The van der Waals surface area contributed by atoms with Crippen LogP contribution in [0.3, 0.4) is 0 Å². The summed E-state index contributed by atoms with van der Waals surface area (Å²) in [6.07, 6.45) is 31.7. The summed E-state index contributed by atoms with van der Waals surface area (Å²) in [4.78, 5) is 0. The van der Waals surface area contributed by atoms with Gasteiger partial charge in [0.1, 0.15) is 0 Å². The van der Waals surface area contributed by atoms with Crippen LogP contribution in [0.1, 0.15) is 110 Å². The van der Waals surface area contributed by atoms with E-state index >= 15 is 0 Å². The first kappa shape index (κ1) is 21.1. The molecule has 0 saturated heterocycles. The fourth-order valence-corrected chi connectivity index (χ4v) is 15.2. The molecule has 28 heavy (non-hydrogen) atoms. The van der Waals surface area contributed by atoms with Crippen molar-refractivity contribution in [3.05, 3.63) is 30.0 Å². The molecule has 3 saturated carbocycles. The molecule has 3 aliphatic carbocycles. The minimum atomic E-state index is -1.04. The Kier molecular flexibility index (Phi) is 7.36. The van der Waals surface area contributed by atoms with Crippen LogP contribution in [0.25, 0.3) is 0 Å². The van der Waals surface area contributed by atoms with Crippen molar-refractivity contribution in [3.8, 4) is 0 Å². The third-order valence-corrected chi connectivity index (χ3v) is 15.5. The Morgan fingerprint density at radius 2 is 1.18 bits per heavy atom. The van der Waals surface area contributed by atoms with Gasteiger partial charge in [-0.25, -0.2) is 12.4 Å². The molecule has 4 aliphatic rings. The first-order valence-corrected chi connectivity index (χ1v) is 14.9. The maximum Gasteiger partial charge on any atom is 0.298 e. The number of hydrogen-bond donors (Lipinski definition) is 0. The van der Waals surface area contributed by atoms with Crippen molar-refractivity contribution < 1.29 is 0 Å². The predicted octanol–water partition coefficient (Wildman–Crippen LogP) is 8.43. The maximum atomic E-state index is 2.74. The first-order chi connectivity index (χ1) is 13.7. The van der Waals surface area contributed by atoms with E-state index in [1.165, 1.54) is 57.8 Å². The van der Waals surface area contributed by atoms with Gasteiger partial charge < -0.3 is 0 Å². The Hall–Kier alpha value is -0.155. The third kappa shape index (κ3) is 4.17. The monoisotopic (exact) mass is 398 g/mol. The molecule has 0 unspecified atom stereocenters. The van der Waals surface area contributed by atoms with Crippen LogP contribution >= 0.6 is 7.14 Å². The lowest BCUT2D eigenvalue weighted by Gasteiger charge is -2.53. The Morgan fingerprint density at radius 3 is 1.50 bits per heavy atom. The lowest BCUT2D eigenvalue weighted by molar-refractivity contribution is 0.456. The highest BCUT2D eigenvalue weighted by Gasteiger charge is 2.60. The van der Waals surface area contributed by atoms with Crippen molar-refractivity contribution in [2.24, 2.45) is 5.92 Å². The Bertz CT molecular complexity index is 499. The second kappa shape index (κ2) is 9.77. The van der Waals surface area contributed by atoms with Crippen LogP contribution in [0, 0.1) is 12.2 Å². The van der Waals surface area contributed by atoms with E-state index in [-0.39, 0.29) is 0 Å². The van der Waals surface area contributed by atoms with Gasteiger partial charge in [-0.15, -0.1) is 5.98 Å². The fourth-order valence-electron chi connectivity index (χ4n) is 7.43. The molecule has 0 bridgehead atoms. The molecule has 0 nitrogen and oxygen atoms in total. The van der Waals surface area contributed by atoms with Crippen molar-refractivity contribution in [1.29, 1.82) is 0 Å². The van der Waals surface area contributed by atoms with Gasteiger partial charge in [-0.2, -0.15) is 11.6 Å². The predicted molar refractivity (Wildman–Crippen MR) is 130 cm³/mol. The normalized spacial score (nSPS) is 26.4. The van der Waals surface area contributed by atoms with E-state index in [1.807, 2.05) is 0 Å². The van der Waals surface area contributed by atoms with E-state index in [4.69, 9.17) is 0 Å². The van der Waals surface area contributed by atoms with Crippen molar-refractivity contribution in [2.45, 2.75) is 127 Å². The molecule has 3 fully saturated rings. The molecular weight excluding hydrogens is 354 g/mol.